The van der Waals surface area contributed by atoms with Crippen LogP contribution in [0.3, 0.4) is 0 Å². The average molecular weight is 217 g/mol. The van der Waals surface area contributed by atoms with Crippen LogP contribution in [0.15, 0.2) is 24.3 Å². The van der Waals surface area contributed by atoms with Crippen LogP contribution in [0.25, 0.3) is 0 Å². The Bertz CT molecular complexity index is 277. The summed E-state index contributed by atoms with van der Waals surface area (Å²) in [5.74, 6) is 1.04. The summed E-state index contributed by atoms with van der Waals surface area (Å²) in [4.78, 5) is 0. The molecule has 1 rings (SSSR count). The number of nitrogens with two attached hydrogens (primary N) is 1. The van der Waals surface area contributed by atoms with E-state index in [1.165, 1.54) is 0 Å². The molecule has 0 aliphatic heterocycles. The van der Waals surface area contributed by atoms with E-state index < -0.39 is 13.0 Å². The number of hydrogen-bond donors (Lipinski definition) is 1. The molecule has 0 heterocycles. The highest BCUT2D eigenvalue weighted by Gasteiger charge is 2.03. The topological polar surface area (TPSA) is 44.5 Å². The molecule has 0 bridgehead atoms. The van der Waals surface area contributed by atoms with Crippen molar-refractivity contribution >= 4 is 0 Å². The van der Waals surface area contributed by atoms with Crippen LogP contribution in [0.4, 0.5) is 8.78 Å². The fraction of sp³-hybridized carbons (Fsp3) is 0.400. The summed E-state index contributed by atoms with van der Waals surface area (Å²) in [5.41, 5.74) is 5.25. The number of rotatable bonds is 6. The average Bonchev–Trinajstić information content (AvgIpc) is 2.25. The summed E-state index contributed by atoms with van der Waals surface area (Å²) in [5, 5.41) is 0. The van der Waals surface area contributed by atoms with Crippen molar-refractivity contribution in [1.29, 1.82) is 0 Å². The molecule has 1 aromatic rings. The zero-order valence-electron chi connectivity index (χ0n) is 8.16. The van der Waals surface area contributed by atoms with Gasteiger partial charge in [-0.25, -0.2) is 8.78 Å². The van der Waals surface area contributed by atoms with Gasteiger partial charge in [0, 0.05) is 6.54 Å². The quantitative estimate of drug-likeness (QED) is 0.788. The predicted molar refractivity (Wildman–Crippen MR) is 52.5 cm³/mol. The first-order valence-corrected chi connectivity index (χ1v) is 4.56. The van der Waals surface area contributed by atoms with E-state index in [-0.39, 0.29) is 0 Å². The minimum atomic E-state index is -2.46. The van der Waals surface area contributed by atoms with Crippen LogP contribution in [-0.2, 0) is 0 Å². The molecule has 0 aromatic heterocycles. The second-order valence-corrected chi connectivity index (χ2v) is 2.81. The zero-order chi connectivity index (χ0) is 11.1. The molecular weight excluding hydrogens is 204 g/mol. The Hall–Kier alpha value is -1.36. The highest BCUT2D eigenvalue weighted by molar-refractivity contribution is 5.31. The zero-order valence-corrected chi connectivity index (χ0v) is 8.16. The highest BCUT2D eigenvalue weighted by Crippen LogP contribution is 2.17. The number of hydrogen-bond acceptors (Lipinski definition) is 3. The molecule has 0 saturated carbocycles. The second kappa shape index (κ2) is 6.19. The molecule has 0 radical (unpaired) electrons. The van der Waals surface area contributed by atoms with E-state index in [2.05, 4.69) is 0 Å². The smallest absolute Gasteiger partial charge is 0.272 e. The van der Waals surface area contributed by atoms with Crippen LogP contribution in [0.5, 0.6) is 11.5 Å². The SMILES string of the molecule is NCCOc1ccc(OCC(F)F)cc1. The fourth-order valence-electron chi connectivity index (χ4n) is 0.968. The third-order valence-electron chi connectivity index (χ3n) is 1.59. The van der Waals surface area contributed by atoms with E-state index in [1.54, 1.807) is 24.3 Å². The van der Waals surface area contributed by atoms with E-state index in [1.807, 2.05) is 0 Å². The molecule has 0 fully saturated rings. The van der Waals surface area contributed by atoms with Gasteiger partial charge >= 0.3 is 0 Å². The van der Waals surface area contributed by atoms with E-state index in [0.29, 0.717) is 24.7 Å². The van der Waals surface area contributed by atoms with Gasteiger partial charge in [-0.1, -0.05) is 0 Å². The molecular formula is C10H13F2NO2. The predicted octanol–water partition coefficient (Wildman–Crippen LogP) is 1.67. The molecule has 5 heteroatoms. The number of alkyl halides is 2. The largest absolute Gasteiger partial charge is 0.492 e. The van der Waals surface area contributed by atoms with Crippen LogP contribution in [0.1, 0.15) is 0 Å². The minimum Gasteiger partial charge on any atom is -0.492 e. The molecule has 0 spiro atoms. The number of ether oxygens (including phenoxy) is 2. The van der Waals surface area contributed by atoms with E-state index in [0.717, 1.165) is 0 Å². The van der Waals surface area contributed by atoms with Crippen LogP contribution >= 0.6 is 0 Å². The maximum Gasteiger partial charge on any atom is 0.272 e. The third kappa shape index (κ3) is 4.60. The lowest BCUT2D eigenvalue weighted by Crippen LogP contribution is -2.10. The summed E-state index contributed by atoms with van der Waals surface area (Å²) in [7, 11) is 0. The van der Waals surface area contributed by atoms with Crippen LogP contribution < -0.4 is 15.2 Å². The Morgan fingerprint density at radius 2 is 1.60 bits per heavy atom. The van der Waals surface area contributed by atoms with Crippen molar-refractivity contribution in [3.8, 4) is 11.5 Å². The van der Waals surface area contributed by atoms with Crippen molar-refractivity contribution in [3.63, 3.8) is 0 Å². The van der Waals surface area contributed by atoms with Gasteiger partial charge in [0.2, 0.25) is 0 Å². The maximum absolute atomic E-state index is 11.8. The summed E-state index contributed by atoms with van der Waals surface area (Å²) < 4.78 is 33.6. The normalized spacial score (nSPS) is 10.4. The van der Waals surface area contributed by atoms with Gasteiger partial charge in [0.15, 0.2) is 0 Å². The molecule has 0 aliphatic rings. The van der Waals surface area contributed by atoms with Crippen molar-refractivity contribution in [2.24, 2.45) is 5.73 Å². The molecule has 0 atom stereocenters. The first-order valence-electron chi connectivity index (χ1n) is 4.56. The van der Waals surface area contributed by atoms with Crippen molar-refractivity contribution in [2.75, 3.05) is 19.8 Å². The standard InChI is InChI=1S/C10H13F2NO2/c11-10(12)7-15-9-3-1-8(2-4-9)14-6-5-13/h1-4,10H,5-7,13H2. The summed E-state index contributed by atoms with van der Waals surface area (Å²) in [6, 6.07) is 6.45. The molecule has 1 aromatic carbocycles. The van der Waals surface area contributed by atoms with E-state index in [9.17, 15) is 8.78 Å². The van der Waals surface area contributed by atoms with Crippen molar-refractivity contribution < 1.29 is 18.3 Å². The Labute approximate surface area is 86.8 Å². The van der Waals surface area contributed by atoms with Gasteiger partial charge in [-0.3, -0.25) is 0 Å². The van der Waals surface area contributed by atoms with Crippen LogP contribution in [-0.4, -0.2) is 26.2 Å². The molecule has 0 amide bonds. The van der Waals surface area contributed by atoms with Gasteiger partial charge in [0.1, 0.15) is 24.7 Å². The lowest BCUT2D eigenvalue weighted by molar-refractivity contribution is 0.0819. The third-order valence-corrected chi connectivity index (χ3v) is 1.59. The molecule has 0 aliphatic carbocycles. The lowest BCUT2D eigenvalue weighted by atomic mass is 10.3. The second-order valence-electron chi connectivity index (χ2n) is 2.81. The molecule has 0 unspecified atom stereocenters. The first-order chi connectivity index (χ1) is 7.22. The van der Waals surface area contributed by atoms with Gasteiger partial charge in [-0.15, -0.1) is 0 Å². The first kappa shape index (κ1) is 11.7. The van der Waals surface area contributed by atoms with Crippen molar-refractivity contribution in [3.05, 3.63) is 24.3 Å². The van der Waals surface area contributed by atoms with E-state index >= 15 is 0 Å². The van der Waals surface area contributed by atoms with E-state index in [4.69, 9.17) is 15.2 Å². The Morgan fingerprint density at radius 1 is 1.07 bits per heavy atom. The van der Waals surface area contributed by atoms with Crippen molar-refractivity contribution in [2.45, 2.75) is 6.43 Å². The highest BCUT2D eigenvalue weighted by atomic mass is 19.3. The molecule has 84 valence electrons. The van der Waals surface area contributed by atoms with Gasteiger partial charge in [-0.2, -0.15) is 0 Å². The van der Waals surface area contributed by atoms with Crippen molar-refractivity contribution in [1.82, 2.24) is 0 Å². The van der Waals surface area contributed by atoms with Crippen LogP contribution in [0.2, 0.25) is 0 Å². The summed E-state index contributed by atoms with van der Waals surface area (Å²) in [6.45, 7) is 0.268. The maximum atomic E-state index is 11.8. The fourth-order valence-corrected chi connectivity index (χ4v) is 0.968. The molecule has 2 N–H and O–H groups in total. The van der Waals surface area contributed by atoms with Gasteiger partial charge < -0.3 is 15.2 Å². The molecule has 3 nitrogen and oxygen atoms in total. The molecule has 0 saturated heterocycles. The van der Waals surface area contributed by atoms with Crippen LogP contribution in [0, 0.1) is 0 Å². The lowest BCUT2D eigenvalue weighted by Gasteiger charge is -2.07. The monoisotopic (exact) mass is 217 g/mol. The Morgan fingerprint density at radius 3 is 2.07 bits per heavy atom. The minimum absolute atomic E-state index is 0.399. The van der Waals surface area contributed by atoms with Gasteiger partial charge in [0.25, 0.3) is 6.43 Å². The summed E-state index contributed by atoms with van der Waals surface area (Å²) in [6.07, 6.45) is -2.46. The van der Waals surface area contributed by atoms with Gasteiger partial charge in [-0.05, 0) is 24.3 Å². The molecule has 15 heavy (non-hydrogen) atoms. The number of benzene rings is 1. The van der Waals surface area contributed by atoms with Gasteiger partial charge in [0.05, 0.1) is 0 Å². The Kier molecular flexibility index (Phi) is 4.83. The Balaban J connectivity index is 2.41. The number of halogens is 2. The summed E-state index contributed by atoms with van der Waals surface area (Å²) >= 11 is 0.